The van der Waals surface area contributed by atoms with Crippen LogP contribution in [0.2, 0.25) is 0 Å². The summed E-state index contributed by atoms with van der Waals surface area (Å²) in [7, 11) is 0. The van der Waals surface area contributed by atoms with Crippen LogP contribution in [0.25, 0.3) is 22.0 Å². The normalized spacial score (nSPS) is 12.2. The summed E-state index contributed by atoms with van der Waals surface area (Å²) in [5.41, 5.74) is 7.36. The average molecular weight is 675 g/mol. The number of aryl methyl sites for hydroxylation is 1. The lowest BCUT2D eigenvalue weighted by Gasteiger charge is -2.11. The SMILES string of the molecule is Cc1cccc2c(-c3ccccc3)c(C(=O)NN=Cc3cc(Br)cc(Br)c3OC(=O)c3ccc4c(c3)OCO4)[nH]c12. The Morgan fingerprint density at radius 2 is 1.78 bits per heavy atom. The number of para-hydroxylation sites is 1. The molecule has 0 saturated heterocycles. The molecule has 0 atom stereocenters. The minimum absolute atomic E-state index is 0.101. The van der Waals surface area contributed by atoms with E-state index in [1.807, 2.05) is 55.5 Å². The minimum atomic E-state index is -0.592. The van der Waals surface area contributed by atoms with E-state index in [-0.39, 0.29) is 12.5 Å². The van der Waals surface area contributed by atoms with Gasteiger partial charge >= 0.3 is 5.97 Å². The topological polar surface area (TPSA) is 102 Å². The van der Waals surface area contributed by atoms with Crippen LogP contribution in [0.5, 0.6) is 17.2 Å². The third-order valence-corrected chi connectivity index (χ3v) is 7.59. The number of halogens is 2. The van der Waals surface area contributed by atoms with E-state index in [0.717, 1.165) is 32.1 Å². The van der Waals surface area contributed by atoms with E-state index in [4.69, 9.17) is 14.2 Å². The third kappa shape index (κ3) is 5.36. The van der Waals surface area contributed by atoms with Crippen molar-refractivity contribution in [2.75, 3.05) is 6.79 Å². The molecule has 0 spiro atoms. The van der Waals surface area contributed by atoms with Crippen molar-refractivity contribution in [2.24, 2.45) is 5.10 Å². The number of amides is 1. The van der Waals surface area contributed by atoms with Crippen molar-refractivity contribution in [3.63, 3.8) is 0 Å². The number of carbonyl (C=O) groups is 2. The van der Waals surface area contributed by atoms with Gasteiger partial charge in [0.1, 0.15) is 5.69 Å². The number of hydrogen-bond acceptors (Lipinski definition) is 6. The predicted molar refractivity (Wildman–Crippen MR) is 163 cm³/mol. The van der Waals surface area contributed by atoms with Crippen LogP contribution in [-0.4, -0.2) is 29.9 Å². The quantitative estimate of drug-likeness (QED) is 0.0847. The van der Waals surface area contributed by atoms with Crippen molar-refractivity contribution in [1.29, 1.82) is 0 Å². The van der Waals surface area contributed by atoms with Gasteiger partial charge in [0.15, 0.2) is 17.2 Å². The molecule has 10 heteroatoms. The largest absolute Gasteiger partial charge is 0.454 e. The monoisotopic (exact) mass is 673 g/mol. The molecular weight excluding hydrogens is 654 g/mol. The van der Waals surface area contributed by atoms with Crippen molar-refractivity contribution in [3.8, 4) is 28.4 Å². The van der Waals surface area contributed by atoms with E-state index in [0.29, 0.717) is 32.8 Å². The first-order chi connectivity index (χ1) is 19.9. The fourth-order valence-electron chi connectivity index (χ4n) is 4.61. The zero-order valence-corrected chi connectivity index (χ0v) is 24.7. The average Bonchev–Trinajstić information content (AvgIpc) is 3.60. The van der Waals surface area contributed by atoms with Crippen LogP contribution in [0.1, 0.15) is 32.0 Å². The maximum Gasteiger partial charge on any atom is 0.343 e. The summed E-state index contributed by atoms with van der Waals surface area (Å²) >= 11 is 6.92. The molecule has 1 aliphatic rings. The highest BCUT2D eigenvalue weighted by Gasteiger charge is 2.21. The van der Waals surface area contributed by atoms with Gasteiger partial charge in [0.25, 0.3) is 5.91 Å². The molecule has 4 aromatic carbocycles. The summed E-state index contributed by atoms with van der Waals surface area (Å²) in [6, 6.07) is 24.0. The van der Waals surface area contributed by atoms with Crippen LogP contribution < -0.4 is 19.6 Å². The molecule has 8 nitrogen and oxygen atoms in total. The van der Waals surface area contributed by atoms with E-state index in [1.54, 1.807) is 30.3 Å². The molecule has 6 rings (SSSR count). The van der Waals surface area contributed by atoms with Gasteiger partial charge < -0.3 is 19.2 Å². The van der Waals surface area contributed by atoms with Crippen molar-refractivity contribution in [2.45, 2.75) is 6.92 Å². The number of aromatic amines is 1. The predicted octanol–water partition coefficient (Wildman–Crippen LogP) is 7.38. The minimum Gasteiger partial charge on any atom is -0.454 e. The van der Waals surface area contributed by atoms with E-state index >= 15 is 0 Å². The highest BCUT2D eigenvalue weighted by Crippen LogP contribution is 2.36. The molecule has 1 aliphatic heterocycles. The van der Waals surface area contributed by atoms with E-state index < -0.39 is 11.9 Å². The first-order valence-electron chi connectivity index (χ1n) is 12.5. The van der Waals surface area contributed by atoms with Gasteiger partial charge in [-0.15, -0.1) is 0 Å². The summed E-state index contributed by atoms with van der Waals surface area (Å²) in [5.74, 6) is 0.269. The Balaban J connectivity index is 1.28. The molecule has 41 heavy (non-hydrogen) atoms. The Labute approximate surface area is 251 Å². The lowest BCUT2D eigenvalue weighted by Crippen LogP contribution is -2.19. The first-order valence-corrected chi connectivity index (χ1v) is 14.1. The van der Waals surface area contributed by atoms with Gasteiger partial charge in [-0.05, 0) is 64.3 Å². The van der Waals surface area contributed by atoms with Crippen LogP contribution in [0, 0.1) is 6.92 Å². The number of aromatic nitrogens is 1. The molecule has 204 valence electrons. The standard InChI is InChI=1S/C31H21Br2N3O5/c1-17-6-5-9-22-26(18-7-3-2-4-8-18)28(35-27(17)22)30(37)36-34-15-20-12-21(32)14-23(33)29(20)41-31(38)19-10-11-24-25(13-19)40-16-39-24/h2-15,35H,16H2,1H3,(H,36,37). The molecule has 5 aromatic rings. The van der Waals surface area contributed by atoms with E-state index in [9.17, 15) is 9.59 Å². The van der Waals surface area contributed by atoms with Gasteiger partial charge in [0, 0.05) is 26.5 Å². The number of fused-ring (bicyclic) bond motifs is 2. The summed E-state index contributed by atoms with van der Waals surface area (Å²) in [5, 5.41) is 5.14. The zero-order valence-electron chi connectivity index (χ0n) is 21.5. The number of H-pyrrole nitrogens is 1. The number of benzene rings is 4. The molecule has 0 bridgehead atoms. The maximum absolute atomic E-state index is 13.4. The van der Waals surface area contributed by atoms with Gasteiger partial charge in [-0.2, -0.15) is 5.10 Å². The lowest BCUT2D eigenvalue weighted by atomic mass is 10.0. The first kappa shape index (κ1) is 26.8. The molecule has 1 amide bonds. The number of esters is 1. The summed E-state index contributed by atoms with van der Waals surface area (Å²) in [6.45, 7) is 2.09. The third-order valence-electron chi connectivity index (χ3n) is 6.54. The fraction of sp³-hybridized carbons (Fsp3) is 0.0645. The fourth-order valence-corrected chi connectivity index (χ4v) is 5.95. The summed E-state index contributed by atoms with van der Waals surface area (Å²) < 4.78 is 17.7. The van der Waals surface area contributed by atoms with Crippen LogP contribution in [0.3, 0.4) is 0 Å². The van der Waals surface area contributed by atoms with Gasteiger partial charge in [-0.3, -0.25) is 4.79 Å². The lowest BCUT2D eigenvalue weighted by molar-refractivity contribution is 0.0732. The summed E-state index contributed by atoms with van der Waals surface area (Å²) in [4.78, 5) is 29.7. The molecule has 0 radical (unpaired) electrons. The molecule has 0 aliphatic carbocycles. The molecule has 1 aromatic heterocycles. The Hall–Kier alpha value is -4.41. The van der Waals surface area contributed by atoms with Crippen LogP contribution in [0.15, 0.2) is 92.9 Å². The zero-order chi connectivity index (χ0) is 28.5. The Morgan fingerprint density at radius 1 is 0.976 bits per heavy atom. The Morgan fingerprint density at radius 3 is 2.61 bits per heavy atom. The molecule has 2 N–H and O–H groups in total. The number of hydrazone groups is 1. The van der Waals surface area contributed by atoms with E-state index in [1.165, 1.54) is 6.21 Å². The van der Waals surface area contributed by atoms with Gasteiger partial charge in [-0.1, -0.05) is 64.5 Å². The number of hydrogen-bond donors (Lipinski definition) is 2. The Kier molecular flexibility index (Phi) is 7.34. The second-order valence-corrected chi connectivity index (χ2v) is 11.0. The second-order valence-electron chi connectivity index (χ2n) is 9.20. The van der Waals surface area contributed by atoms with Crippen molar-refractivity contribution in [3.05, 3.63) is 110 Å². The highest BCUT2D eigenvalue weighted by molar-refractivity contribution is 9.11. The molecule has 0 unspecified atom stereocenters. The smallest absolute Gasteiger partial charge is 0.343 e. The van der Waals surface area contributed by atoms with Gasteiger partial charge in [0.05, 0.1) is 16.3 Å². The molecular formula is C31H21Br2N3O5. The number of ether oxygens (including phenoxy) is 3. The van der Waals surface area contributed by atoms with Crippen LogP contribution in [0.4, 0.5) is 0 Å². The Bertz CT molecular complexity index is 1850. The molecule has 2 heterocycles. The summed E-state index contributed by atoms with van der Waals surface area (Å²) in [6.07, 6.45) is 1.42. The van der Waals surface area contributed by atoms with Gasteiger partial charge in [-0.25, -0.2) is 10.2 Å². The number of nitrogens with zero attached hydrogens (tertiary/aromatic N) is 1. The van der Waals surface area contributed by atoms with Gasteiger partial charge in [0.2, 0.25) is 6.79 Å². The van der Waals surface area contributed by atoms with Crippen LogP contribution >= 0.6 is 31.9 Å². The molecule has 0 saturated carbocycles. The second kappa shape index (κ2) is 11.2. The number of carbonyl (C=O) groups excluding carboxylic acids is 2. The number of rotatable bonds is 6. The highest BCUT2D eigenvalue weighted by atomic mass is 79.9. The van der Waals surface area contributed by atoms with Crippen LogP contribution in [-0.2, 0) is 0 Å². The van der Waals surface area contributed by atoms with Crippen molar-refractivity contribution < 1.29 is 23.8 Å². The van der Waals surface area contributed by atoms with E-state index in [2.05, 4.69) is 47.4 Å². The molecule has 0 fully saturated rings. The number of nitrogens with one attached hydrogen (secondary N) is 2. The van der Waals surface area contributed by atoms with Crippen molar-refractivity contribution in [1.82, 2.24) is 10.4 Å². The van der Waals surface area contributed by atoms with Crippen molar-refractivity contribution >= 4 is 60.9 Å². The maximum atomic E-state index is 13.4.